The van der Waals surface area contributed by atoms with Gasteiger partial charge in [0.2, 0.25) is 0 Å². The van der Waals surface area contributed by atoms with E-state index in [1.54, 1.807) is 0 Å². The molecule has 0 saturated heterocycles. The Labute approximate surface area is 116 Å². The molecule has 1 rings (SSSR count). The summed E-state index contributed by atoms with van der Waals surface area (Å²) in [4.78, 5) is 0. The molecule has 0 nitrogen and oxygen atoms in total. The fourth-order valence-corrected chi connectivity index (χ4v) is 3.99. The highest BCUT2D eigenvalue weighted by Gasteiger charge is 2.28. The molecule has 0 bridgehead atoms. The number of rotatable bonds is 0. The number of hydrogen-bond acceptors (Lipinski definition) is 0. The fourth-order valence-electron chi connectivity index (χ4n) is 3.99. The van der Waals surface area contributed by atoms with Gasteiger partial charge in [-0.1, -0.05) is 79.6 Å². The smallest absolute Gasteiger partial charge is 0.0349 e. The van der Waals surface area contributed by atoms with Crippen molar-refractivity contribution in [2.75, 3.05) is 0 Å². The van der Waals surface area contributed by atoms with Gasteiger partial charge in [0.1, 0.15) is 0 Å². The Bertz CT molecular complexity index is 224. The van der Waals surface area contributed by atoms with Crippen LogP contribution in [-0.2, 0) is 0 Å². The van der Waals surface area contributed by atoms with Crippen molar-refractivity contribution in [3.8, 4) is 0 Å². The minimum Gasteiger partial charge on any atom is -0.0625 e. The second kappa shape index (κ2) is 6.96. The zero-order chi connectivity index (χ0) is 13.6. The third-order valence-corrected chi connectivity index (χ3v) is 4.81. The van der Waals surface area contributed by atoms with Crippen molar-refractivity contribution in [2.24, 2.45) is 16.7 Å². The van der Waals surface area contributed by atoms with Crippen molar-refractivity contribution >= 4 is 0 Å². The Hall–Kier alpha value is 0. The van der Waals surface area contributed by atoms with E-state index in [1.165, 1.54) is 64.2 Å². The molecular weight excluding hydrogens is 216 g/mol. The van der Waals surface area contributed by atoms with E-state index in [4.69, 9.17) is 0 Å². The minimum absolute atomic E-state index is 0.542. The van der Waals surface area contributed by atoms with Crippen LogP contribution in [0.3, 0.4) is 0 Å². The van der Waals surface area contributed by atoms with Gasteiger partial charge >= 0.3 is 0 Å². The van der Waals surface area contributed by atoms with E-state index >= 15 is 0 Å². The highest BCUT2D eigenvalue weighted by Crippen LogP contribution is 2.40. The molecule has 0 heterocycles. The van der Waals surface area contributed by atoms with Crippen LogP contribution in [0.4, 0.5) is 0 Å². The highest BCUT2D eigenvalue weighted by molar-refractivity contribution is 4.79. The zero-order valence-corrected chi connectivity index (χ0v) is 13.6. The van der Waals surface area contributed by atoms with Gasteiger partial charge in [0.25, 0.3) is 0 Å². The van der Waals surface area contributed by atoms with Crippen molar-refractivity contribution in [3.05, 3.63) is 0 Å². The summed E-state index contributed by atoms with van der Waals surface area (Å²) in [5, 5.41) is 0. The molecule has 1 saturated carbocycles. The lowest BCUT2D eigenvalue weighted by atomic mass is 9.70. The monoisotopic (exact) mass is 252 g/mol. The molecule has 0 N–H and O–H groups in total. The summed E-state index contributed by atoms with van der Waals surface area (Å²) in [6.45, 7) is 12.4. The summed E-state index contributed by atoms with van der Waals surface area (Å²) in [5.74, 6) is 0.960. The van der Waals surface area contributed by atoms with Crippen LogP contribution in [-0.4, -0.2) is 0 Å². The second-order valence-corrected chi connectivity index (χ2v) is 8.46. The van der Waals surface area contributed by atoms with Gasteiger partial charge in [0.15, 0.2) is 0 Å². The predicted molar refractivity (Wildman–Crippen MR) is 82.9 cm³/mol. The molecule has 0 aromatic heterocycles. The first-order chi connectivity index (χ1) is 8.31. The van der Waals surface area contributed by atoms with E-state index in [0.29, 0.717) is 10.8 Å². The first-order valence-corrected chi connectivity index (χ1v) is 8.31. The van der Waals surface area contributed by atoms with Gasteiger partial charge in [-0.15, -0.1) is 0 Å². The highest BCUT2D eigenvalue weighted by atomic mass is 14.3. The lowest BCUT2D eigenvalue weighted by Gasteiger charge is -2.35. The molecule has 1 atom stereocenters. The molecule has 0 spiro atoms. The SMILES string of the molecule is CC1CCCCCC(C)(C)CC(C)(C)CCCC1. The summed E-state index contributed by atoms with van der Waals surface area (Å²) in [6.07, 6.45) is 14.4. The van der Waals surface area contributed by atoms with Crippen LogP contribution in [0, 0.1) is 16.7 Å². The third-order valence-electron chi connectivity index (χ3n) is 4.81. The standard InChI is InChI=1S/C18H36/c1-16-11-7-6-9-13-17(2,3)15-18(4,5)14-10-8-12-16/h16H,6-15H2,1-5H3. The van der Waals surface area contributed by atoms with Crippen LogP contribution < -0.4 is 0 Å². The van der Waals surface area contributed by atoms with Gasteiger partial charge in [-0.05, 0) is 36.0 Å². The zero-order valence-electron chi connectivity index (χ0n) is 13.6. The summed E-state index contributed by atoms with van der Waals surface area (Å²) in [7, 11) is 0. The van der Waals surface area contributed by atoms with Gasteiger partial charge in [-0.3, -0.25) is 0 Å². The van der Waals surface area contributed by atoms with Gasteiger partial charge in [0.05, 0.1) is 0 Å². The van der Waals surface area contributed by atoms with E-state index in [2.05, 4.69) is 34.6 Å². The van der Waals surface area contributed by atoms with Crippen LogP contribution in [0.2, 0.25) is 0 Å². The molecule has 1 fully saturated rings. The molecule has 1 unspecified atom stereocenters. The lowest BCUT2D eigenvalue weighted by Crippen LogP contribution is -2.23. The summed E-state index contributed by atoms with van der Waals surface area (Å²) >= 11 is 0. The van der Waals surface area contributed by atoms with Gasteiger partial charge in [-0.2, -0.15) is 0 Å². The second-order valence-electron chi connectivity index (χ2n) is 8.46. The minimum atomic E-state index is 0.542. The van der Waals surface area contributed by atoms with Gasteiger partial charge in [-0.25, -0.2) is 0 Å². The Morgan fingerprint density at radius 2 is 1.11 bits per heavy atom. The van der Waals surface area contributed by atoms with Gasteiger partial charge in [0, 0.05) is 0 Å². The number of hydrogen-bond donors (Lipinski definition) is 0. The van der Waals surface area contributed by atoms with Crippen molar-refractivity contribution in [2.45, 2.75) is 98.8 Å². The molecule has 0 amide bonds. The Morgan fingerprint density at radius 1 is 0.667 bits per heavy atom. The van der Waals surface area contributed by atoms with Crippen LogP contribution in [0.5, 0.6) is 0 Å². The van der Waals surface area contributed by atoms with Crippen molar-refractivity contribution in [1.29, 1.82) is 0 Å². The Balaban J connectivity index is 2.54. The van der Waals surface area contributed by atoms with Crippen molar-refractivity contribution in [1.82, 2.24) is 0 Å². The van der Waals surface area contributed by atoms with E-state index in [1.807, 2.05) is 0 Å². The molecular formula is C18H36. The average Bonchev–Trinajstić information content (AvgIpc) is 2.22. The maximum Gasteiger partial charge on any atom is -0.0349 e. The van der Waals surface area contributed by atoms with E-state index < -0.39 is 0 Å². The largest absolute Gasteiger partial charge is 0.0625 e. The molecule has 0 aromatic rings. The molecule has 108 valence electrons. The van der Waals surface area contributed by atoms with E-state index in [9.17, 15) is 0 Å². The van der Waals surface area contributed by atoms with E-state index in [0.717, 1.165) is 5.92 Å². The first kappa shape index (κ1) is 16.1. The summed E-state index contributed by atoms with van der Waals surface area (Å²) in [5.41, 5.74) is 1.09. The lowest BCUT2D eigenvalue weighted by molar-refractivity contribution is 0.165. The third kappa shape index (κ3) is 6.81. The Kier molecular flexibility index (Phi) is 6.21. The molecule has 18 heavy (non-hydrogen) atoms. The predicted octanol–water partition coefficient (Wildman–Crippen LogP) is 6.59. The summed E-state index contributed by atoms with van der Waals surface area (Å²) < 4.78 is 0. The molecule has 1 aliphatic rings. The van der Waals surface area contributed by atoms with Crippen LogP contribution in [0.25, 0.3) is 0 Å². The van der Waals surface area contributed by atoms with Crippen LogP contribution in [0.1, 0.15) is 98.8 Å². The molecule has 1 aliphatic carbocycles. The van der Waals surface area contributed by atoms with Gasteiger partial charge < -0.3 is 0 Å². The topological polar surface area (TPSA) is 0 Å². The molecule has 0 radical (unpaired) electrons. The molecule has 0 aromatic carbocycles. The molecule has 0 heteroatoms. The maximum absolute atomic E-state index is 2.48. The fraction of sp³-hybridized carbons (Fsp3) is 1.00. The maximum atomic E-state index is 2.48. The average molecular weight is 252 g/mol. The van der Waals surface area contributed by atoms with Crippen molar-refractivity contribution in [3.63, 3.8) is 0 Å². The van der Waals surface area contributed by atoms with E-state index in [-0.39, 0.29) is 0 Å². The summed E-state index contributed by atoms with van der Waals surface area (Å²) in [6, 6.07) is 0. The van der Waals surface area contributed by atoms with Crippen LogP contribution in [0.15, 0.2) is 0 Å². The normalized spacial score (nSPS) is 30.8. The first-order valence-electron chi connectivity index (χ1n) is 8.31. The molecule has 0 aliphatic heterocycles. The Morgan fingerprint density at radius 3 is 1.67 bits per heavy atom. The van der Waals surface area contributed by atoms with Crippen molar-refractivity contribution < 1.29 is 0 Å². The van der Waals surface area contributed by atoms with Crippen LogP contribution >= 0.6 is 0 Å². The quantitative estimate of drug-likeness (QED) is 0.456.